The third-order valence-corrected chi connectivity index (χ3v) is 3.69. The molecule has 5 heteroatoms. The minimum absolute atomic E-state index is 0.123. The molecule has 0 fully saturated rings. The minimum Gasteiger partial charge on any atom is -0.324 e. The Balaban J connectivity index is 2.02. The van der Waals surface area contributed by atoms with E-state index in [1.165, 1.54) is 24.3 Å². The molecule has 1 N–H and O–H groups in total. The van der Waals surface area contributed by atoms with Crippen molar-refractivity contribution in [3.63, 3.8) is 0 Å². The number of hydrogen-bond donors (Lipinski definition) is 1. The number of amides is 2. The quantitative estimate of drug-likeness (QED) is 0.879. The Morgan fingerprint density at radius 1 is 1.18 bits per heavy atom. The number of carbonyl (C=O) groups excluding carboxylic acids is 2. The number of carbonyl (C=O) groups is 2. The summed E-state index contributed by atoms with van der Waals surface area (Å²) in [6.07, 6.45) is 0. The van der Waals surface area contributed by atoms with Crippen molar-refractivity contribution in [2.75, 3.05) is 16.8 Å². The Kier molecular flexibility index (Phi) is 3.63. The molecule has 0 aromatic heterocycles. The van der Waals surface area contributed by atoms with Gasteiger partial charge in [-0.1, -0.05) is 19.1 Å². The van der Waals surface area contributed by atoms with Crippen molar-refractivity contribution >= 4 is 23.2 Å². The monoisotopic (exact) mass is 298 g/mol. The van der Waals surface area contributed by atoms with Crippen LogP contribution in [0.4, 0.5) is 15.8 Å². The number of halogens is 1. The van der Waals surface area contributed by atoms with Crippen LogP contribution in [0.1, 0.15) is 17.3 Å². The van der Waals surface area contributed by atoms with E-state index in [1.54, 1.807) is 30.0 Å². The van der Waals surface area contributed by atoms with E-state index in [-0.39, 0.29) is 24.3 Å². The highest BCUT2D eigenvalue weighted by Crippen LogP contribution is 2.31. The molecule has 1 unspecified atom stereocenters. The van der Waals surface area contributed by atoms with Gasteiger partial charge in [-0.25, -0.2) is 4.39 Å². The molecule has 4 nitrogen and oxygen atoms in total. The first-order valence-electron chi connectivity index (χ1n) is 7.03. The van der Waals surface area contributed by atoms with Crippen LogP contribution in [0.2, 0.25) is 0 Å². The lowest BCUT2D eigenvalue weighted by molar-refractivity contribution is -0.119. The lowest BCUT2D eigenvalue weighted by Crippen LogP contribution is -2.35. The van der Waals surface area contributed by atoms with Crippen molar-refractivity contribution in [1.82, 2.24) is 0 Å². The van der Waals surface area contributed by atoms with E-state index < -0.39 is 5.82 Å². The van der Waals surface area contributed by atoms with Gasteiger partial charge in [0.15, 0.2) is 0 Å². The van der Waals surface area contributed by atoms with Gasteiger partial charge in [0.05, 0.1) is 17.3 Å². The second kappa shape index (κ2) is 5.60. The standard InChI is InChI=1S/C17H15FN2O2/c1-11-10-20(17(22)12-6-8-13(18)9-7-12)15-5-3-2-4-14(15)19-16(11)21/h2-9,11H,10H2,1H3,(H,19,21). The zero-order valence-corrected chi connectivity index (χ0v) is 12.0. The summed E-state index contributed by atoms with van der Waals surface area (Å²) in [5.74, 6) is -1.10. The number of fused-ring (bicyclic) bond motifs is 1. The van der Waals surface area contributed by atoms with Crippen LogP contribution in [0.5, 0.6) is 0 Å². The molecule has 3 rings (SSSR count). The molecule has 0 saturated heterocycles. The van der Waals surface area contributed by atoms with Gasteiger partial charge in [-0.2, -0.15) is 0 Å². The molecule has 1 atom stereocenters. The third kappa shape index (κ3) is 2.57. The highest BCUT2D eigenvalue weighted by Gasteiger charge is 2.28. The van der Waals surface area contributed by atoms with Gasteiger partial charge in [0, 0.05) is 12.1 Å². The van der Waals surface area contributed by atoms with E-state index in [4.69, 9.17) is 0 Å². The molecule has 1 aliphatic rings. The summed E-state index contributed by atoms with van der Waals surface area (Å²) in [5.41, 5.74) is 1.64. The summed E-state index contributed by atoms with van der Waals surface area (Å²) in [6, 6.07) is 12.6. The zero-order valence-electron chi connectivity index (χ0n) is 12.0. The van der Waals surface area contributed by atoms with Crippen LogP contribution < -0.4 is 10.2 Å². The maximum atomic E-state index is 13.0. The number of rotatable bonds is 1. The molecular formula is C17H15FN2O2. The number of hydrogen-bond acceptors (Lipinski definition) is 2. The molecule has 0 radical (unpaired) electrons. The highest BCUT2D eigenvalue weighted by atomic mass is 19.1. The maximum absolute atomic E-state index is 13.0. The molecule has 112 valence electrons. The van der Waals surface area contributed by atoms with Crippen molar-refractivity contribution in [3.05, 3.63) is 59.9 Å². The normalized spacial score (nSPS) is 17.5. The largest absolute Gasteiger partial charge is 0.324 e. The van der Waals surface area contributed by atoms with Crippen molar-refractivity contribution < 1.29 is 14.0 Å². The number of nitrogens with zero attached hydrogens (tertiary/aromatic N) is 1. The first-order chi connectivity index (χ1) is 10.6. The predicted molar refractivity (Wildman–Crippen MR) is 82.3 cm³/mol. The average Bonchev–Trinajstić information content (AvgIpc) is 2.65. The zero-order chi connectivity index (χ0) is 15.7. The molecule has 22 heavy (non-hydrogen) atoms. The number of nitrogens with one attached hydrogen (secondary N) is 1. The Morgan fingerprint density at radius 3 is 2.59 bits per heavy atom. The van der Waals surface area contributed by atoms with Crippen LogP contribution in [0, 0.1) is 11.7 Å². The number of benzene rings is 2. The fourth-order valence-electron chi connectivity index (χ4n) is 2.47. The van der Waals surface area contributed by atoms with Crippen molar-refractivity contribution in [2.24, 2.45) is 5.92 Å². The summed E-state index contributed by atoms with van der Waals surface area (Å²) in [4.78, 5) is 26.3. The number of anilines is 2. The molecule has 1 heterocycles. The second-order valence-electron chi connectivity index (χ2n) is 5.33. The van der Waals surface area contributed by atoms with E-state index in [0.29, 0.717) is 16.9 Å². The van der Waals surface area contributed by atoms with Crippen LogP contribution in [0.25, 0.3) is 0 Å². The Labute approximate surface area is 127 Å². The van der Waals surface area contributed by atoms with Crippen LogP contribution >= 0.6 is 0 Å². The van der Waals surface area contributed by atoms with Gasteiger partial charge in [0.2, 0.25) is 5.91 Å². The Morgan fingerprint density at radius 2 is 1.86 bits per heavy atom. The first-order valence-corrected chi connectivity index (χ1v) is 7.03. The molecule has 2 aromatic rings. The summed E-state index contributed by atoms with van der Waals surface area (Å²) in [7, 11) is 0. The fraction of sp³-hybridized carbons (Fsp3) is 0.176. The van der Waals surface area contributed by atoms with E-state index >= 15 is 0 Å². The summed E-state index contributed by atoms with van der Waals surface area (Å²) in [6.45, 7) is 2.05. The SMILES string of the molecule is CC1CN(C(=O)c2ccc(F)cc2)c2ccccc2NC1=O. The van der Waals surface area contributed by atoms with Gasteiger partial charge < -0.3 is 10.2 Å². The second-order valence-corrected chi connectivity index (χ2v) is 5.33. The molecular weight excluding hydrogens is 283 g/mol. The van der Waals surface area contributed by atoms with E-state index in [2.05, 4.69) is 5.32 Å². The lowest BCUT2D eigenvalue weighted by Gasteiger charge is -2.23. The molecule has 0 bridgehead atoms. The van der Waals surface area contributed by atoms with Gasteiger partial charge >= 0.3 is 0 Å². The van der Waals surface area contributed by atoms with Crippen LogP contribution in [-0.4, -0.2) is 18.4 Å². The van der Waals surface area contributed by atoms with Crippen molar-refractivity contribution in [1.29, 1.82) is 0 Å². The van der Waals surface area contributed by atoms with Crippen LogP contribution in [0.15, 0.2) is 48.5 Å². The van der Waals surface area contributed by atoms with E-state index in [9.17, 15) is 14.0 Å². The smallest absolute Gasteiger partial charge is 0.258 e. The van der Waals surface area contributed by atoms with Gasteiger partial charge in [0.25, 0.3) is 5.91 Å². The Hall–Kier alpha value is -2.69. The van der Waals surface area contributed by atoms with Gasteiger partial charge in [-0.3, -0.25) is 9.59 Å². The average molecular weight is 298 g/mol. The number of para-hydroxylation sites is 2. The van der Waals surface area contributed by atoms with Crippen molar-refractivity contribution in [2.45, 2.75) is 6.92 Å². The minimum atomic E-state index is -0.391. The lowest BCUT2D eigenvalue weighted by atomic mass is 10.1. The van der Waals surface area contributed by atoms with Crippen molar-refractivity contribution in [3.8, 4) is 0 Å². The van der Waals surface area contributed by atoms with E-state index in [0.717, 1.165) is 0 Å². The molecule has 2 aromatic carbocycles. The fourth-order valence-corrected chi connectivity index (χ4v) is 2.47. The molecule has 2 amide bonds. The predicted octanol–water partition coefficient (Wildman–Crippen LogP) is 3.06. The topological polar surface area (TPSA) is 49.4 Å². The summed E-state index contributed by atoms with van der Waals surface area (Å²) < 4.78 is 13.0. The van der Waals surface area contributed by atoms with E-state index in [1.807, 2.05) is 6.07 Å². The van der Waals surface area contributed by atoms with Gasteiger partial charge in [0.1, 0.15) is 5.82 Å². The summed E-state index contributed by atoms with van der Waals surface area (Å²) in [5, 5.41) is 2.82. The van der Waals surface area contributed by atoms with Crippen LogP contribution in [0.3, 0.4) is 0 Å². The molecule has 0 saturated carbocycles. The molecule has 0 aliphatic carbocycles. The van der Waals surface area contributed by atoms with Gasteiger partial charge in [-0.05, 0) is 36.4 Å². The maximum Gasteiger partial charge on any atom is 0.258 e. The third-order valence-electron chi connectivity index (χ3n) is 3.69. The molecule has 1 aliphatic heterocycles. The Bertz CT molecular complexity index is 728. The first kappa shape index (κ1) is 14.3. The van der Waals surface area contributed by atoms with Crippen LogP contribution in [-0.2, 0) is 4.79 Å². The molecule has 0 spiro atoms. The highest BCUT2D eigenvalue weighted by molar-refractivity contribution is 6.10. The summed E-state index contributed by atoms with van der Waals surface area (Å²) >= 11 is 0. The van der Waals surface area contributed by atoms with Gasteiger partial charge in [-0.15, -0.1) is 0 Å².